The zero-order valence-corrected chi connectivity index (χ0v) is 12.0. The monoisotopic (exact) mass is 364 g/mol. The number of benzene rings is 1. The van der Waals surface area contributed by atoms with Gasteiger partial charge in [0.1, 0.15) is 0 Å². The van der Waals surface area contributed by atoms with Crippen molar-refractivity contribution in [2.24, 2.45) is 5.84 Å². The normalized spacial score (nSPS) is 12.7. The molecule has 0 spiro atoms. The highest BCUT2D eigenvalue weighted by atomic mass is 127. The predicted molar refractivity (Wildman–Crippen MR) is 77.7 cm³/mol. The molecule has 0 aliphatic heterocycles. The van der Waals surface area contributed by atoms with Crippen molar-refractivity contribution in [1.29, 1.82) is 0 Å². The van der Waals surface area contributed by atoms with E-state index in [9.17, 15) is 0 Å². The lowest BCUT2D eigenvalue weighted by atomic mass is 10.1. The minimum absolute atomic E-state index is 0.00519. The Hall–Kier alpha value is -0.140. The summed E-state index contributed by atoms with van der Waals surface area (Å²) in [6, 6.07) is 12.1. The van der Waals surface area contributed by atoms with Crippen molar-refractivity contribution in [1.82, 2.24) is 5.43 Å². The number of hydrazine groups is 1. The minimum atomic E-state index is 0.00519. The Balaban J connectivity index is 2.40. The van der Waals surface area contributed by atoms with Crippen molar-refractivity contribution >= 4 is 45.5 Å². The van der Waals surface area contributed by atoms with E-state index < -0.39 is 0 Å². The summed E-state index contributed by atoms with van der Waals surface area (Å²) in [6.07, 6.45) is 0. The van der Waals surface area contributed by atoms with Crippen LogP contribution in [0.5, 0.6) is 0 Å². The molecule has 1 unspecified atom stereocenters. The minimum Gasteiger partial charge on any atom is -0.271 e. The van der Waals surface area contributed by atoms with E-state index in [2.05, 4.69) is 40.1 Å². The standard InChI is InChI=1S/C11H10ClIN2S/c12-10-6-5-9(16-10)11(15-14)7-3-1-2-4-8(7)13/h1-6,11,15H,14H2. The van der Waals surface area contributed by atoms with Crippen LogP contribution in [0.3, 0.4) is 0 Å². The topological polar surface area (TPSA) is 38.0 Å². The van der Waals surface area contributed by atoms with Gasteiger partial charge < -0.3 is 0 Å². The van der Waals surface area contributed by atoms with E-state index in [0.29, 0.717) is 0 Å². The Kier molecular flexibility index (Phi) is 4.21. The number of nitrogens with one attached hydrogen (secondary N) is 1. The molecule has 1 aromatic carbocycles. The van der Waals surface area contributed by atoms with Crippen molar-refractivity contribution in [2.45, 2.75) is 6.04 Å². The molecular weight excluding hydrogens is 355 g/mol. The quantitative estimate of drug-likeness (QED) is 0.496. The van der Waals surface area contributed by atoms with E-state index in [1.807, 2.05) is 24.3 Å². The molecule has 0 radical (unpaired) electrons. The zero-order valence-electron chi connectivity index (χ0n) is 8.28. The number of hydrogen-bond donors (Lipinski definition) is 2. The van der Waals surface area contributed by atoms with Gasteiger partial charge in [-0.25, -0.2) is 5.43 Å². The maximum Gasteiger partial charge on any atom is 0.0931 e. The molecule has 0 saturated heterocycles. The first-order valence-corrected chi connectivity index (χ1v) is 6.95. The number of thiophene rings is 1. The van der Waals surface area contributed by atoms with Gasteiger partial charge in [-0.2, -0.15) is 0 Å². The largest absolute Gasteiger partial charge is 0.271 e. The third-order valence-electron chi connectivity index (χ3n) is 2.26. The van der Waals surface area contributed by atoms with E-state index >= 15 is 0 Å². The average Bonchev–Trinajstić information content (AvgIpc) is 2.69. The van der Waals surface area contributed by atoms with E-state index in [-0.39, 0.29) is 6.04 Å². The van der Waals surface area contributed by atoms with Crippen molar-refractivity contribution in [3.05, 3.63) is 54.7 Å². The lowest BCUT2D eigenvalue weighted by Gasteiger charge is -2.16. The fourth-order valence-corrected chi connectivity index (χ4v) is 3.36. The van der Waals surface area contributed by atoms with E-state index in [1.165, 1.54) is 9.13 Å². The Bertz CT molecular complexity index is 486. The summed E-state index contributed by atoms with van der Waals surface area (Å²) in [7, 11) is 0. The fourth-order valence-electron chi connectivity index (χ4n) is 1.52. The van der Waals surface area contributed by atoms with Crippen LogP contribution in [-0.2, 0) is 0 Å². The number of rotatable bonds is 3. The van der Waals surface area contributed by atoms with Crippen LogP contribution in [0, 0.1) is 3.57 Å². The van der Waals surface area contributed by atoms with Crippen LogP contribution in [0.4, 0.5) is 0 Å². The molecule has 16 heavy (non-hydrogen) atoms. The number of halogens is 2. The van der Waals surface area contributed by atoms with Gasteiger partial charge in [0.25, 0.3) is 0 Å². The number of hydrogen-bond acceptors (Lipinski definition) is 3. The van der Waals surface area contributed by atoms with Crippen LogP contribution in [0.25, 0.3) is 0 Å². The molecule has 0 aliphatic carbocycles. The molecule has 0 fully saturated rings. The molecule has 0 aliphatic rings. The van der Waals surface area contributed by atoms with Crippen LogP contribution >= 0.6 is 45.5 Å². The third-order valence-corrected chi connectivity index (χ3v) is 4.54. The van der Waals surface area contributed by atoms with E-state index in [1.54, 1.807) is 11.3 Å². The van der Waals surface area contributed by atoms with Crippen molar-refractivity contribution in [3.63, 3.8) is 0 Å². The maximum atomic E-state index is 5.94. The second-order valence-corrected chi connectivity index (χ2v) is 6.17. The predicted octanol–water partition coefficient (Wildman–Crippen LogP) is 3.56. The van der Waals surface area contributed by atoms with Crippen LogP contribution < -0.4 is 11.3 Å². The first-order valence-electron chi connectivity index (χ1n) is 4.68. The molecule has 3 N–H and O–H groups in total. The van der Waals surface area contributed by atoms with Gasteiger partial charge >= 0.3 is 0 Å². The maximum absolute atomic E-state index is 5.94. The average molecular weight is 365 g/mol. The highest BCUT2D eigenvalue weighted by Gasteiger charge is 2.16. The van der Waals surface area contributed by atoms with Crippen molar-refractivity contribution in [3.8, 4) is 0 Å². The Labute approximate surface area is 117 Å². The summed E-state index contributed by atoms with van der Waals surface area (Å²) >= 11 is 9.79. The van der Waals surface area contributed by atoms with Gasteiger partial charge in [0.2, 0.25) is 0 Å². The summed E-state index contributed by atoms with van der Waals surface area (Å²) < 4.78 is 1.97. The summed E-state index contributed by atoms with van der Waals surface area (Å²) in [5, 5.41) is 0. The van der Waals surface area contributed by atoms with Gasteiger partial charge in [0, 0.05) is 8.45 Å². The molecule has 2 aromatic rings. The summed E-state index contributed by atoms with van der Waals surface area (Å²) in [5.74, 6) is 5.63. The number of nitrogens with two attached hydrogens (primary N) is 1. The Morgan fingerprint density at radius 2 is 2.00 bits per heavy atom. The molecule has 1 aromatic heterocycles. The second kappa shape index (κ2) is 5.46. The second-order valence-electron chi connectivity index (χ2n) is 3.26. The molecule has 84 valence electrons. The molecule has 0 bridgehead atoms. The molecule has 0 amide bonds. The highest BCUT2D eigenvalue weighted by molar-refractivity contribution is 14.1. The van der Waals surface area contributed by atoms with E-state index in [0.717, 1.165) is 9.21 Å². The summed E-state index contributed by atoms with van der Waals surface area (Å²) in [6.45, 7) is 0. The van der Waals surface area contributed by atoms with Gasteiger partial charge in [0.05, 0.1) is 10.4 Å². The molecule has 2 nitrogen and oxygen atoms in total. The van der Waals surface area contributed by atoms with Crippen molar-refractivity contribution in [2.75, 3.05) is 0 Å². The highest BCUT2D eigenvalue weighted by Crippen LogP contribution is 2.32. The van der Waals surface area contributed by atoms with Gasteiger partial charge in [-0.1, -0.05) is 29.8 Å². The van der Waals surface area contributed by atoms with Crippen LogP contribution in [0.1, 0.15) is 16.5 Å². The lowest BCUT2D eigenvalue weighted by molar-refractivity contribution is 0.644. The van der Waals surface area contributed by atoms with Gasteiger partial charge in [0.15, 0.2) is 0 Å². The van der Waals surface area contributed by atoms with Crippen LogP contribution in [-0.4, -0.2) is 0 Å². The summed E-state index contributed by atoms with van der Waals surface area (Å²) in [5.41, 5.74) is 4.01. The lowest BCUT2D eigenvalue weighted by Crippen LogP contribution is -2.28. The van der Waals surface area contributed by atoms with Gasteiger partial charge in [-0.3, -0.25) is 5.84 Å². The molecular formula is C11H10ClIN2S. The summed E-state index contributed by atoms with van der Waals surface area (Å²) in [4.78, 5) is 1.12. The zero-order chi connectivity index (χ0) is 11.5. The SMILES string of the molecule is NNC(c1ccc(Cl)s1)c1ccccc1I. The van der Waals surface area contributed by atoms with Crippen LogP contribution in [0.2, 0.25) is 4.34 Å². The molecule has 5 heteroatoms. The Morgan fingerprint density at radius 1 is 1.25 bits per heavy atom. The smallest absolute Gasteiger partial charge is 0.0931 e. The Morgan fingerprint density at radius 3 is 2.56 bits per heavy atom. The molecule has 1 atom stereocenters. The van der Waals surface area contributed by atoms with Gasteiger partial charge in [-0.05, 0) is 46.4 Å². The van der Waals surface area contributed by atoms with E-state index in [4.69, 9.17) is 17.4 Å². The van der Waals surface area contributed by atoms with Gasteiger partial charge in [-0.15, -0.1) is 11.3 Å². The van der Waals surface area contributed by atoms with Crippen molar-refractivity contribution < 1.29 is 0 Å². The molecule has 0 saturated carbocycles. The first kappa shape index (κ1) is 12.3. The van der Waals surface area contributed by atoms with Crippen LogP contribution in [0.15, 0.2) is 36.4 Å². The molecule has 1 heterocycles. The first-order chi connectivity index (χ1) is 7.72. The fraction of sp³-hybridized carbons (Fsp3) is 0.0909. The third kappa shape index (κ3) is 2.57. The molecule has 2 rings (SSSR count).